The zero-order chi connectivity index (χ0) is 14.5. The van der Waals surface area contributed by atoms with Gasteiger partial charge in [-0.05, 0) is 25.3 Å². The van der Waals surface area contributed by atoms with Crippen molar-refractivity contribution in [2.24, 2.45) is 5.92 Å². The number of ether oxygens (including phenoxy) is 2. The highest BCUT2D eigenvalue weighted by molar-refractivity contribution is 4.75. The molecule has 0 aromatic heterocycles. The Morgan fingerprint density at radius 1 is 1.05 bits per heavy atom. The second kappa shape index (κ2) is 12.9. The lowest BCUT2D eigenvalue weighted by atomic mass is 10.0. The number of hydrogen-bond donors (Lipinski definition) is 1. The molecule has 0 aromatic rings. The van der Waals surface area contributed by atoms with Gasteiger partial charge in [-0.2, -0.15) is 0 Å². The van der Waals surface area contributed by atoms with Crippen LogP contribution in [0.25, 0.3) is 0 Å². The fourth-order valence-electron chi connectivity index (χ4n) is 2.07. The zero-order valence-corrected chi connectivity index (χ0v) is 13.6. The predicted octanol–water partition coefficient (Wildman–Crippen LogP) is 2.00. The van der Waals surface area contributed by atoms with Gasteiger partial charge in [0, 0.05) is 46.5 Å². The van der Waals surface area contributed by atoms with Crippen molar-refractivity contribution in [3.05, 3.63) is 0 Å². The largest absolute Gasteiger partial charge is 0.385 e. The molecule has 1 N–H and O–H groups in total. The Morgan fingerprint density at radius 2 is 1.74 bits per heavy atom. The van der Waals surface area contributed by atoms with Crippen LogP contribution in [-0.2, 0) is 9.47 Å². The summed E-state index contributed by atoms with van der Waals surface area (Å²) >= 11 is 0. The second-order valence-electron chi connectivity index (χ2n) is 5.44. The molecule has 0 fully saturated rings. The molecule has 1 unspecified atom stereocenters. The minimum absolute atomic E-state index is 0.555. The molecule has 0 aliphatic carbocycles. The monoisotopic (exact) mass is 274 g/mol. The second-order valence-corrected chi connectivity index (χ2v) is 5.44. The van der Waals surface area contributed by atoms with Gasteiger partial charge in [0.25, 0.3) is 0 Å². The Kier molecular flexibility index (Phi) is 12.7. The Labute approximate surface area is 119 Å². The molecule has 0 spiro atoms. The number of methoxy groups -OCH3 is 2. The third-order valence-electron chi connectivity index (χ3n) is 3.35. The Morgan fingerprint density at radius 3 is 2.26 bits per heavy atom. The fourth-order valence-corrected chi connectivity index (χ4v) is 2.07. The van der Waals surface area contributed by atoms with E-state index in [1.54, 1.807) is 14.2 Å². The van der Waals surface area contributed by atoms with Gasteiger partial charge < -0.3 is 14.8 Å². The van der Waals surface area contributed by atoms with Gasteiger partial charge in [-0.3, -0.25) is 4.90 Å². The summed E-state index contributed by atoms with van der Waals surface area (Å²) < 4.78 is 10.3. The molecule has 0 aromatic carbocycles. The molecule has 0 bridgehead atoms. The van der Waals surface area contributed by atoms with Crippen LogP contribution in [0.1, 0.15) is 33.6 Å². The SMILES string of the molecule is CCCNC(CN(CCCOC)CCOC)C(C)C. The molecule has 4 nitrogen and oxygen atoms in total. The predicted molar refractivity (Wildman–Crippen MR) is 81.7 cm³/mol. The van der Waals surface area contributed by atoms with Crippen molar-refractivity contribution >= 4 is 0 Å². The maximum absolute atomic E-state index is 5.21. The summed E-state index contributed by atoms with van der Waals surface area (Å²) in [5.74, 6) is 0.652. The van der Waals surface area contributed by atoms with Gasteiger partial charge in [0.1, 0.15) is 0 Å². The number of nitrogens with zero attached hydrogens (tertiary/aromatic N) is 1. The first kappa shape index (κ1) is 18.8. The van der Waals surface area contributed by atoms with E-state index in [1.807, 2.05) is 0 Å². The van der Waals surface area contributed by atoms with Crippen LogP contribution in [-0.4, -0.2) is 64.6 Å². The average Bonchev–Trinajstić information content (AvgIpc) is 2.39. The highest BCUT2D eigenvalue weighted by atomic mass is 16.5. The van der Waals surface area contributed by atoms with Crippen molar-refractivity contribution in [2.45, 2.75) is 39.7 Å². The summed E-state index contributed by atoms with van der Waals surface area (Å²) in [6.45, 7) is 12.7. The molecular weight excluding hydrogens is 240 g/mol. The fraction of sp³-hybridized carbons (Fsp3) is 1.00. The first-order chi connectivity index (χ1) is 9.15. The van der Waals surface area contributed by atoms with Crippen molar-refractivity contribution in [3.8, 4) is 0 Å². The molecular formula is C15H34N2O2. The quantitative estimate of drug-likeness (QED) is 0.521. The lowest BCUT2D eigenvalue weighted by molar-refractivity contribution is 0.121. The van der Waals surface area contributed by atoms with Crippen molar-refractivity contribution in [3.63, 3.8) is 0 Å². The van der Waals surface area contributed by atoms with E-state index in [0.29, 0.717) is 12.0 Å². The van der Waals surface area contributed by atoms with Crippen molar-refractivity contribution < 1.29 is 9.47 Å². The van der Waals surface area contributed by atoms with E-state index < -0.39 is 0 Å². The lowest BCUT2D eigenvalue weighted by Crippen LogP contribution is -2.45. The molecule has 0 aliphatic rings. The molecule has 1 atom stereocenters. The summed E-state index contributed by atoms with van der Waals surface area (Å²) in [4.78, 5) is 2.48. The summed E-state index contributed by atoms with van der Waals surface area (Å²) in [7, 11) is 3.53. The van der Waals surface area contributed by atoms with Gasteiger partial charge in [-0.25, -0.2) is 0 Å². The van der Waals surface area contributed by atoms with Crippen LogP contribution in [0.3, 0.4) is 0 Å². The van der Waals surface area contributed by atoms with Gasteiger partial charge >= 0.3 is 0 Å². The summed E-state index contributed by atoms with van der Waals surface area (Å²) in [5, 5.41) is 3.65. The highest BCUT2D eigenvalue weighted by Crippen LogP contribution is 2.05. The molecule has 116 valence electrons. The number of hydrogen-bond acceptors (Lipinski definition) is 4. The van der Waals surface area contributed by atoms with Crippen LogP contribution < -0.4 is 5.32 Å². The summed E-state index contributed by atoms with van der Waals surface area (Å²) in [6, 6.07) is 0.555. The normalized spacial score (nSPS) is 13.4. The van der Waals surface area contributed by atoms with Gasteiger partial charge in [0.2, 0.25) is 0 Å². The maximum Gasteiger partial charge on any atom is 0.0589 e. The first-order valence-electron chi connectivity index (χ1n) is 7.59. The highest BCUT2D eigenvalue weighted by Gasteiger charge is 2.16. The van der Waals surface area contributed by atoms with E-state index in [4.69, 9.17) is 9.47 Å². The van der Waals surface area contributed by atoms with Gasteiger partial charge in [-0.1, -0.05) is 20.8 Å². The zero-order valence-electron chi connectivity index (χ0n) is 13.6. The molecule has 0 rings (SSSR count). The number of nitrogens with one attached hydrogen (secondary N) is 1. The van der Waals surface area contributed by atoms with E-state index in [0.717, 1.165) is 45.8 Å². The van der Waals surface area contributed by atoms with Crippen LogP contribution >= 0.6 is 0 Å². The van der Waals surface area contributed by atoms with E-state index in [1.165, 1.54) is 6.42 Å². The summed E-state index contributed by atoms with van der Waals surface area (Å²) in [5.41, 5.74) is 0. The van der Waals surface area contributed by atoms with Gasteiger partial charge in [-0.15, -0.1) is 0 Å². The van der Waals surface area contributed by atoms with Crippen LogP contribution in [0.5, 0.6) is 0 Å². The lowest BCUT2D eigenvalue weighted by Gasteiger charge is -2.30. The topological polar surface area (TPSA) is 33.7 Å². The molecule has 0 aliphatic heterocycles. The van der Waals surface area contributed by atoms with Crippen molar-refractivity contribution in [1.29, 1.82) is 0 Å². The van der Waals surface area contributed by atoms with Crippen molar-refractivity contribution in [1.82, 2.24) is 10.2 Å². The molecule has 4 heteroatoms. The van der Waals surface area contributed by atoms with Crippen LogP contribution in [0, 0.1) is 5.92 Å². The average molecular weight is 274 g/mol. The Balaban J connectivity index is 4.20. The Bertz CT molecular complexity index is 189. The standard InChI is InChI=1S/C15H34N2O2/c1-6-8-16-15(14(2)3)13-17(10-12-19-5)9-7-11-18-4/h14-16H,6-13H2,1-5H3. The van der Waals surface area contributed by atoms with E-state index in [2.05, 4.69) is 31.0 Å². The molecule has 0 heterocycles. The van der Waals surface area contributed by atoms with Crippen LogP contribution in [0.15, 0.2) is 0 Å². The van der Waals surface area contributed by atoms with Gasteiger partial charge in [0.15, 0.2) is 0 Å². The molecule has 0 amide bonds. The van der Waals surface area contributed by atoms with Crippen LogP contribution in [0.4, 0.5) is 0 Å². The van der Waals surface area contributed by atoms with Crippen LogP contribution in [0.2, 0.25) is 0 Å². The van der Waals surface area contributed by atoms with Crippen molar-refractivity contribution in [2.75, 3.05) is 53.6 Å². The van der Waals surface area contributed by atoms with E-state index in [-0.39, 0.29) is 0 Å². The smallest absolute Gasteiger partial charge is 0.0589 e. The minimum atomic E-state index is 0.555. The number of rotatable bonds is 13. The Hall–Kier alpha value is -0.160. The molecule has 0 saturated carbocycles. The van der Waals surface area contributed by atoms with E-state index in [9.17, 15) is 0 Å². The molecule has 19 heavy (non-hydrogen) atoms. The minimum Gasteiger partial charge on any atom is -0.385 e. The molecule has 0 saturated heterocycles. The maximum atomic E-state index is 5.21. The van der Waals surface area contributed by atoms with Gasteiger partial charge in [0.05, 0.1) is 6.61 Å². The first-order valence-corrected chi connectivity index (χ1v) is 7.59. The third kappa shape index (κ3) is 10.3. The summed E-state index contributed by atoms with van der Waals surface area (Å²) in [6.07, 6.45) is 2.27. The molecule has 0 radical (unpaired) electrons. The third-order valence-corrected chi connectivity index (χ3v) is 3.35. The van der Waals surface area contributed by atoms with E-state index >= 15 is 0 Å².